The normalized spacial score (nSPS) is 17.6. The largest absolute Gasteiger partial charge is 0.497 e. The molecule has 2 rings (SSSR count). The predicted octanol–water partition coefficient (Wildman–Crippen LogP) is 3.96. The van der Waals surface area contributed by atoms with E-state index in [0.29, 0.717) is 6.04 Å². The van der Waals surface area contributed by atoms with Crippen molar-refractivity contribution < 1.29 is 4.74 Å². The number of nitrogens with one attached hydrogen (secondary N) is 1. The highest BCUT2D eigenvalue weighted by atomic mass is 32.2. The molecule has 1 aliphatic rings. The molecule has 1 atom stereocenters. The number of thioether (sulfide) groups is 1. The summed E-state index contributed by atoms with van der Waals surface area (Å²) in [6, 6.07) is 9.06. The average Bonchev–Trinajstić information content (AvgIpc) is 2.98. The van der Waals surface area contributed by atoms with Gasteiger partial charge in [0.2, 0.25) is 0 Å². The van der Waals surface area contributed by atoms with Gasteiger partial charge in [-0.1, -0.05) is 19.8 Å². The van der Waals surface area contributed by atoms with Gasteiger partial charge in [0.05, 0.1) is 7.11 Å². The molecule has 1 N–H and O–H groups in total. The summed E-state index contributed by atoms with van der Waals surface area (Å²) in [5, 5.41) is 3.67. The highest BCUT2D eigenvalue weighted by Crippen LogP contribution is 2.31. The Hall–Kier alpha value is -0.670. The van der Waals surface area contributed by atoms with Crippen molar-refractivity contribution in [1.29, 1.82) is 0 Å². The van der Waals surface area contributed by atoms with Gasteiger partial charge in [-0.15, -0.1) is 11.8 Å². The summed E-state index contributed by atoms with van der Waals surface area (Å²) >= 11 is 1.96. The summed E-state index contributed by atoms with van der Waals surface area (Å²) in [7, 11) is 1.71. The van der Waals surface area contributed by atoms with E-state index in [2.05, 4.69) is 24.4 Å². The minimum atomic E-state index is 0.666. The van der Waals surface area contributed by atoms with Crippen molar-refractivity contribution >= 4 is 11.8 Å². The molecule has 0 aromatic heterocycles. The molecule has 0 saturated heterocycles. The summed E-state index contributed by atoms with van der Waals surface area (Å²) in [6.07, 6.45) is 5.64. The van der Waals surface area contributed by atoms with Crippen LogP contribution in [-0.4, -0.2) is 25.4 Å². The maximum atomic E-state index is 5.19. The fraction of sp³-hybridized carbons (Fsp3) is 0.625. The van der Waals surface area contributed by atoms with Crippen molar-refractivity contribution in [3.8, 4) is 5.75 Å². The number of hydrogen-bond donors (Lipinski definition) is 1. The molecule has 1 unspecified atom stereocenters. The van der Waals surface area contributed by atoms with E-state index in [1.807, 2.05) is 23.9 Å². The minimum absolute atomic E-state index is 0.666. The van der Waals surface area contributed by atoms with E-state index in [4.69, 9.17) is 4.74 Å². The van der Waals surface area contributed by atoms with Crippen molar-refractivity contribution in [2.45, 2.75) is 43.5 Å². The Balaban J connectivity index is 1.86. The third kappa shape index (κ3) is 4.43. The molecule has 1 fully saturated rings. The Kier molecular flexibility index (Phi) is 6.05. The van der Waals surface area contributed by atoms with Crippen molar-refractivity contribution in [2.75, 3.05) is 19.4 Å². The second-order valence-corrected chi connectivity index (χ2v) is 6.29. The zero-order chi connectivity index (χ0) is 13.5. The van der Waals surface area contributed by atoms with Crippen LogP contribution in [0.25, 0.3) is 0 Å². The van der Waals surface area contributed by atoms with E-state index in [9.17, 15) is 0 Å². The lowest BCUT2D eigenvalue weighted by Crippen LogP contribution is -2.37. The predicted molar refractivity (Wildman–Crippen MR) is 83.1 cm³/mol. The summed E-state index contributed by atoms with van der Waals surface area (Å²) in [5.41, 5.74) is 0. The van der Waals surface area contributed by atoms with Crippen molar-refractivity contribution in [2.24, 2.45) is 5.92 Å². The fourth-order valence-electron chi connectivity index (χ4n) is 2.84. The van der Waals surface area contributed by atoms with Crippen LogP contribution in [0.5, 0.6) is 5.75 Å². The standard InChI is InChI=1S/C16H25NOS/c1-3-17-16(13-6-4-5-7-13)12-19-15-10-8-14(18-2)9-11-15/h8-11,13,16-17H,3-7,12H2,1-2H3. The Morgan fingerprint density at radius 1 is 1.26 bits per heavy atom. The molecule has 1 saturated carbocycles. The first kappa shape index (κ1) is 14.7. The van der Waals surface area contributed by atoms with Gasteiger partial charge in [-0.05, 0) is 49.6 Å². The zero-order valence-corrected chi connectivity index (χ0v) is 12.8. The summed E-state index contributed by atoms with van der Waals surface area (Å²) in [4.78, 5) is 1.33. The number of ether oxygens (including phenoxy) is 1. The van der Waals surface area contributed by atoms with Gasteiger partial charge >= 0.3 is 0 Å². The molecule has 3 heteroatoms. The Bertz CT molecular complexity index is 360. The molecular weight excluding hydrogens is 254 g/mol. The van der Waals surface area contributed by atoms with Crippen LogP contribution >= 0.6 is 11.8 Å². The topological polar surface area (TPSA) is 21.3 Å². The van der Waals surface area contributed by atoms with Gasteiger partial charge in [0, 0.05) is 16.7 Å². The van der Waals surface area contributed by atoms with Crippen LogP contribution in [0.1, 0.15) is 32.6 Å². The van der Waals surface area contributed by atoms with Gasteiger partial charge < -0.3 is 10.1 Å². The Morgan fingerprint density at radius 3 is 2.53 bits per heavy atom. The number of benzene rings is 1. The smallest absolute Gasteiger partial charge is 0.118 e. The molecule has 0 aliphatic heterocycles. The molecule has 0 heterocycles. The van der Waals surface area contributed by atoms with E-state index in [0.717, 1.165) is 18.2 Å². The lowest BCUT2D eigenvalue weighted by molar-refractivity contribution is 0.394. The highest BCUT2D eigenvalue weighted by Gasteiger charge is 2.24. The monoisotopic (exact) mass is 279 g/mol. The molecule has 1 aromatic rings. The first-order valence-electron chi connectivity index (χ1n) is 7.33. The van der Waals surface area contributed by atoms with Crippen molar-refractivity contribution in [3.63, 3.8) is 0 Å². The number of hydrogen-bond acceptors (Lipinski definition) is 3. The number of rotatable bonds is 7. The molecular formula is C16H25NOS. The third-order valence-electron chi connectivity index (χ3n) is 3.92. The first-order valence-corrected chi connectivity index (χ1v) is 8.32. The molecule has 1 aromatic carbocycles. The van der Waals surface area contributed by atoms with Gasteiger partial charge in [-0.3, -0.25) is 0 Å². The van der Waals surface area contributed by atoms with Gasteiger partial charge in [0.25, 0.3) is 0 Å². The van der Waals surface area contributed by atoms with Gasteiger partial charge in [-0.2, -0.15) is 0 Å². The van der Waals surface area contributed by atoms with Crippen LogP contribution in [0.3, 0.4) is 0 Å². The van der Waals surface area contributed by atoms with Crippen LogP contribution in [0.2, 0.25) is 0 Å². The maximum absolute atomic E-state index is 5.19. The molecule has 19 heavy (non-hydrogen) atoms. The zero-order valence-electron chi connectivity index (χ0n) is 12.0. The molecule has 2 nitrogen and oxygen atoms in total. The number of methoxy groups -OCH3 is 1. The summed E-state index contributed by atoms with van der Waals surface area (Å²) < 4.78 is 5.19. The SMILES string of the molecule is CCNC(CSc1ccc(OC)cc1)C1CCCC1. The lowest BCUT2D eigenvalue weighted by Gasteiger charge is -2.24. The van der Waals surface area contributed by atoms with Crippen molar-refractivity contribution in [3.05, 3.63) is 24.3 Å². The molecule has 106 valence electrons. The minimum Gasteiger partial charge on any atom is -0.497 e. The van der Waals surface area contributed by atoms with E-state index in [1.165, 1.54) is 36.3 Å². The highest BCUT2D eigenvalue weighted by molar-refractivity contribution is 7.99. The van der Waals surface area contributed by atoms with Crippen LogP contribution in [0.4, 0.5) is 0 Å². The fourth-order valence-corrected chi connectivity index (χ4v) is 3.93. The van der Waals surface area contributed by atoms with E-state index in [1.54, 1.807) is 7.11 Å². The second-order valence-electron chi connectivity index (χ2n) is 5.20. The lowest BCUT2D eigenvalue weighted by atomic mass is 10.00. The quantitative estimate of drug-likeness (QED) is 0.763. The van der Waals surface area contributed by atoms with Crippen LogP contribution in [0, 0.1) is 5.92 Å². The van der Waals surface area contributed by atoms with Gasteiger partial charge in [0.1, 0.15) is 5.75 Å². The Labute approximate surface area is 121 Å². The van der Waals surface area contributed by atoms with Gasteiger partial charge in [0.15, 0.2) is 0 Å². The summed E-state index contributed by atoms with van der Waals surface area (Å²) in [5.74, 6) is 2.99. The van der Waals surface area contributed by atoms with Crippen LogP contribution in [0.15, 0.2) is 29.2 Å². The van der Waals surface area contributed by atoms with Gasteiger partial charge in [-0.25, -0.2) is 0 Å². The van der Waals surface area contributed by atoms with Crippen molar-refractivity contribution in [1.82, 2.24) is 5.32 Å². The van der Waals surface area contributed by atoms with E-state index < -0.39 is 0 Å². The van der Waals surface area contributed by atoms with E-state index >= 15 is 0 Å². The van der Waals surface area contributed by atoms with E-state index in [-0.39, 0.29) is 0 Å². The first-order chi connectivity index (χ1) is 9.33. The van der Waals surface area contributed by atoms with Crippen LogP contribution < -0.4 is 10.1 Å². The Morgan fingerprint density at radius 2 is 1.95 bits per heavy atom. The second kappa shape index (κ2) is 7.81. The average molecular weight is 279 g/mol. The van der Waals surface area contributed by atoms with Crippen LogP contribution in [-0.2, 0) is 0 Å². The third-order valence-corrected chi connectivity index (χ3v) is 5.06. The molecule has 0 spiro atoms. The molecule has 0 bridgehead atoms. The summed E-state index contributed by atoms with van der Waals surface area (Å²) in [6.45, 7) is 3.28. The molecule has 1 aliphatic carbocycles. The maximum Gasteiger partial charge on any atom is 0.118 e. The molecule has 0 amide bonds. The molecule has 0 radical (unpaired) electrons.